The van der Waals surface area contributed by atoms with Gasteiger partial charge < -0.3 is 15.2 Å². The summed E-state index contributed by atoms with van der Waals surface area (Å²) in [4.78, 5) is 16.2. The molecule has 3 rings (SSSR count). The van der Waals surface area contributed by atoms with Crippen LogP contribution < -0.4 is 10.0 Å². The minimum absolute atomic E-state index is 0.155. The predicted molar refractivity (Wildman–Crippen MR) is 124 cm³/mol. The zero-order chi connectivity index (χ0) is 23.4. The molecule has 0 fully saturated rings. The summed E-state index contributed by atoms with van der Waals surface area (Å²) >= 11 is 0. The van der Waals surface area contributed by atoms with E-state index in [1.807, 2.05) is 0 Å². The fourth-order valence-electron chi connectivity index (χ4n) is 3.12. The molecular formula is C23H27N3O5S. The number of anilines is 1. The first-order chi connectivity index (χ1) is 15.1. The Hall–Kier alpha value is -3.17. The molecule has 3 aromatic rings. The molecular weight excluding hydrogens is 430 g/mol. The molecule has 0 spiro atoms. The summed E-state index contributed by atoms with van der Waals surface area (Å²) in [6, 6.07) is 13.5. The molecule has 0 radical (unpaired) electrons. The summed E-state index contributed by atoms with van der Waals surface area (Å²) in [6.07, 6.45) is 2.63. The quantitative estimate of drug-likeness (QED) is 0.498. The lowest BCUT2D eigenvalue weighted by molar-refractivity contribution is 0.0528. The predicted octanol–water partition coefficient (Wildman–Crippen LogP) is 3.73. The van der Waals surface area contributed by atoms with Gasteiger partial charge in [0.2, 0.25) is 10.0 Å². The number of carbonyl (C=O) groups excluding carboxylic acids is 1. The number of amides is 1. The van der Waals surface area contributed by atoms with Crippen LogP contribution in [0.25, 0.3) is 10.8 Å². The first-order valence-electron chi connectivity index (χ1n) is 10.1. The van der Waals surface area contributed by atoms with E-state index in [1.165, 1.54) is 0 Å². The van der Waals surface area contributed by atoms with E-state index in [1.54, 1.807) is 81.7 Å². The highest BCUT2D eigenvalue weighted by Crippen LogP contribution is 2.26. The van der Waals surface area contributed by atoms with E-state index in [0.29, 0.717) is 16.8 Å². The van der Waals surface area contributed by atoms with E-state index in [0.717, 1.165) is 10.8 Å². The van der Waals surface area contributed by atoms with Crippen LogP contribution in [-0.2, 0) is 21.4 Å². The van der Waals surface area contributed by atoms with Crippen LogP contribution in [0, 0.1) is 0 Å². The highest BCUT2D eigenvalue weighted by atomic mass is 32.2. The van der Waals surface area contributed by atoms with Gasteiger partial charge in [0.25, 0.3) is 0 Å². The average molecular weight is 458 g/mol. The zero-order valence-corrected chi connectivity index (χ0v) is 19.0. The van der Waals surface area contributed by atoms with Crippen molar-refractivity contribution >= 4 is 32.6 Å². The second-order valence-electron chi connectivity index (χ2n) is 8.36. The third-order valence-electron chi connectivity index (χ3n) is 4.64. The number of aromatic nitrogens is 1. The number of benzene rings is 2. The largest absolute Gasteiger partial charge is 0.444 e. The van der Waals surface area contributed by atoms with Gasteiger partial charge in [0, 0.05) is 30.0 Å². The van der Waals surface area contributed by atoms with Crippen LogP contribution in [0.15, 0.2) is 60.9 Å². The summed E-state index contributed by atoms with van der Waals surface area (Å²) < 4.78 is 34.5. The smallest absolute Gasteiger partial charge is 0.407 e. The Balaban J connectivity index is 1.87. The van der Waals surface area contributed by atoms with Crippen LogP contribution in [0.2, 0.25) is 0 Å². The average Bonchev–Trinajstić information content (AvgIpc) is 2.72. The van der Waals surface area contributed by atoms with Crippen LogP contribution in [0.1, 0.15) is 37.1 Å². The molecule has 0 saturated carbocycles. The normalized spacial score (nSPS) is 12.9. The van der Waals surface area contributed by atoms with Gasteiger partial charge in [0.15, 0.2) is 0 Å². The van der Waals surface area contributed by atoms with Crippen LogP contribution >= 0.6 is 0 Å². The van der Waals surface area contributed by atoms with E-state index < -0.39 is 27.0 Å². The number of nitrogens with one attached hydrogen (secondary N) is 2. The fourth-order valence-corrected chi connectivity index (χ4v) is 4.53. The Labute approximate surface area is 187 Å². The molecule has 2 aromatic carbocycles. The summed E-state index contributed by atoms with van der Waals surface area (Å²) in [5.74, 6) is 0. The third-order valence-corrected chi connectivity index (χ3v) is 6.35. The number of rotatable bonds is 7. The second-order valence-corrected chi connectivity index (χ2v) is 10.2. The fraction of sp³-hybridized carbons (Fsp3) is 0.304. The molecule has 170 valence electrons. The van der Waals surface area contributed by atoms with Gasteiger partial charge in [0.1, 0.15) is 10.9 Å². The number of alkyl carbamates (subject to hydrolysis) is 1. The van der Waals surface area contributed by atoms with Crippen LogP contribution in [-0.4, -0.2) is 36.7 Å². The van der Waals surface area contributed by atoms with Crippen molar-refractivity contribution in [1.29, 1.82) is 0 Å². The van der Waals surface area contributed by atoms with Crippen molar-refractivity contribution < 1.29 is 23.1 Å². The Morgan fingerprint density at radius 1 is 1.09 bits per heavy atom. The molecule has 1 heterocycles. The van der Waals surface area contributed by atoms with Crippen molar-refractivity contribution in [3.05, 3.63) is 72.1 Å². The zero-order valence-electron chi connectivity index (χ0n) is 18.2. The summed E-state index contributed by atoms with van der Waals surface area (Å²) in [6.45, 7) is 4.83. The molecule has 1 aromatic heterocycles. The standard InChI is InChI=1S/C23H27N3O5S/c1-23(2,3)31-22(28)25-14-21(17-6-4-16(15-27)5-7-17)32(29,30)26-20-9-8-19-13-24-11-10-18(19)12-20/h4-13,21,26-27H,14-15H2,1-3H3,(H,25,28). The summed E-state index contributed by atoms with van der Waals surface area (Å²) in [5, 5.41) is 12.5. The number of sulfonamides is 1. The van der Waals surface area contributed by atoms with Gasteiger partial charge in [-0.2, -0.15) is 0 Å². The molecule has 1 atom stereocenters. The lowest BCUT2D eigenvalue weighted by Crippen LogP contribution is -2.37. The van der Waals surface area contributed by atoms with Gasteiger partial charge >= 0.3 is 6.09 Å². The molecule has 1 unspecified atom stereocenters. The number of carbonyl (C=O) groups is 1. The number of nitrogens with zero attached hydrogens (tertiary/aromatic N) is 1. The van der Waals surface area contributed by atoms with Crippen molar-refractivity contribution in [3.63, 3.8) is 0 Å². The van der Waals surface area contributed by atoms with Crippen molar-refractivity contribution in [2.45, 2.75) is 38.2 Å². The van der Waals surface area contributed by atoms with Crippen LogP contribution in [0.4, 0.5) is 10.5 Å². The van der Waals surface area contributed by atoms with Gasteiger partial charge in [-0.3, -0.25) is 9.71 Å². The number of aliphatic hydroxyl groups excluding tert-OH is 1. The SMILES string of the molecule is CC(C)(C)OC(=O)NCC(c1ccc(CO)cc1)S(=O)(=O)Nc1ccc2cnccc2c1. The Kier molecular flexibility index (Phi) is 7.00. The minimum Gasteiger partial charge on any atom is -0.444 e. The maximum Gasteiger partial charge on any atom is 0.407 e. The van der Waals surface area contributed by atoms with E-state index in [-0.39, 0.29) is 13.2 Å². The lowest BCUT2D eigenvalue weighted by atomic mass is 10.1. The highest BCUT2D eigenvalue weighted by Gasteiger charge is 2.29. The molecule has 3 N–H and O–H groups in total. The minimum atomic E-state index is -3.95. The second kappa shape index (κ2) is 9.54. The van der Waals surface area contributed by atoms with Crippen LogP contribution in [0.5, 0.6) is 0 Å². The Bertz CT molecular complexity index is 1190. The Morgan fingerprint density at radius 2 is 1.81 bits per heavy atom. The molecule has 0 saturated heterocycles. The summed E-state index contributed by atoms with van der Waals surface area (Å²) in [5.41, 5.74) is 0.814. The number of pyridine rings is 1. The van der Waals surface area contributed by atoms with Crippen molar-refractivity contribution in [1.82, 2.24) is 10.3 Å². The molecule has 8 nitrogen and oxygen atoms in total. The van der Waals surface area contributed by atoms with E-state index in [9.17, 15) is 18.3 Å². The molecule has 9 heteroatoms. The lowest BCUT2D eigenvalue weighted by Gasteiger charge is -2.23. The topological polar surface area (TPSA) is 118 Å². The van der Waals surface area contributed by atoms with Gasteiger partial charge in [-0.05, 0) is 55.5 Å². The molecule has 0 aliphatic rings. The van der Waals surface area contributed by atoms with Gasteiger partial charge in [0.05, 0.1) is 6.61 Å². The van der Waals surface area contributed by atoms with E-state index in [4.69, 9.17) is 4.74 Å². The number of fused-ring (bicyclic) bond motifs is 1. The van der Waals surface area contributed by atoms with Gasteiger partial charge in [-0.15, -0.1) is 0 Å². The molecule has 1 amide bonds. The van der Waals surface area contributed by atoms with E-state index in [2.05, 4.69) is 15.0 Å². The Morgan fingerprint density at radius 3 is 2.47 bits per heavy atom. The first kappa shape index (κ1) is 23.5. The van der Waals surface area contributed by atoms with E-state index >= 15 is 0 Å². The van der Waals surface area contributed by atoms with Gasteiger partial charge in [-0.1, -0.05) is 30.3 Å². The van der Waals surface area contributed by atoms with Crippen molar-refractivity contribution in [2.24, 2.45) is 0 Å². The number of hydrogen-bond acceptors (Lipinski definition) is 6. The van der Waals surface area contributed by atoms with Gasteiger partial charge in [-0.25, -0.2) is 13.2 Å². The first-order valence-corrected chi connectivity index (χ1v) is 11.6. The van der Waals surface area contributed by atoms with Crippen LogP contribution in [0.3, 0.4) is 0 Å². The molecule has 0 aliphatic carbocycles. The highest BCUT2D eigenvalue weighted by molar-refractivity contribution is 7.93. The monoisotopic (exact) mass is 457 g/mol. The summed E-state index contributed by atoms with van der Waals surface area (Å²) in [7, 11) is -3.95. The van der Waals surface area contributed by atoms with Crippen molar-refractivity contribution in [3.8, 4) is 0 Å². The number of hydrogen-bond donors (Lipinski definition) is 3. The maximum atomic E-state index is 13.3. The maximum absolute atomic E-state index is 13.3. The number of ether oxygens (including phenoxy) is 1. The molecule has 0 bridgehead atoms. The molecule has 0 aliphatic heterocycles. The molecule has 32 heavy (non-hydrogen) atoms. The number of aliphatic hydroxyl groups is 1. The third kappa shape index (κ3) is 6.18. The van der Waals surface area contributed by atoms with Crippen molar-refractivity contribution in [2.75, 3.05) is 11.3 Å².